The highest BCUT2D eigenvalue weighted by atomic mass is 16.6. The van der Waals surface area contributed by atoms with Crippen LogP contribution in [0.25, 0.3) is 0 Å². The van der Waals surface area contributed by atoms with Gasteiger partial charge in [0, 0.05) is 6.42 Å². The van der Waals surface area contributed by atoms with Gasteiger partial charge in [-0.1, -0.05) is 0 Å². The first kappa shape index (κ1) is 12.9. The third-order valence-corrected chi connectivity index (χ3v) is 1.39. The maximum absolute atomic E-state index is 9.16. The van der Waals surface area contributed by atoms with Crippen molar-refractivity contribution in [3.8, 4) is 12.1 Å². The van der Waals surface area contributed by atoms with E-state index in [4.69, 9.17) is 25.1 Å². The van der Waals surface area contributed by atoms with Crippen LogP contribution in [0.4, 0.5) is 0 Å². The van der Waals surface area contributed by atoms with E-state index in [1.165, 1.54) is 0 Å². The molecule has 0 radical (unpaired) electrons. The van der Waals surface area contributed by atoms with Crippen molar-refractivity contribution >= 4 is 0 Å². The van der Waals surface area contributed by atoms with Gasteiger partial charge >= 0.3 is 0 Å². The molecule has 0 saturated carbocycles. The first-order valence-corrected chi connectivity index (χ1v) is 4.42. The average Bonchev–Trinajstić information content (AvgIpc) is 2.18. The molecule has 78 valence electrons. The van der Waals surface area contributed by atoms with Gasteiger partial charge in [0.1, 0.15) is 0 Å². The number of nitriles is 2. The second kappa shape index (κ2) is 9.94. The van der Waals surface area contributed by atoms with Crippen LogP contribution < -0.4 is 0 Å². The molecule has 0 bridgehead atoms. The molecule has 0 rings (SSSR count). The largest absolute Gasteiger partial charge is 0.380 e. The van der Waals surface area contributed by atoms with Crippen molar-refractivity contribution in [2.75, 3.05) is 19.8 Å². The summed E-state index contributed by atoms with van der Waals surface area (Å²) in [5.74, 6) is 0. The molecule has 5 nitrogen and oxygen atoms in total. The Bertz CT molecular complexity index is 207. The topological polar surface area (TPSA) is 86.3 Å². The molecule has 0 saturated heterocycles. The number of ether oxygens (including phenoxy) is 2. The van der Waals surface area contributed by atoms with E-state index in [0.29, 0.717) is 26.1 Å². The molecule has 0 aliphatic rings. The van der Waals surface area contributed by atoms with Crippen LogP contribution in [0.2, 0.25) is 0 Å². The molecule has 1 unspecified atom stereocenters. The fourth-order valence-electron chi connectivity index (χ4n) is 0.728. The molecule has 0 aliphatic heterocycles. The Morgan fingerprint density at radius 1 is 1.07 bits per heavy atom. The summed E-state index contributed by atoms with van der Waals surface area (Å²) in [5.41, 5.74) is 0. The number of nitrogens with zero attached hydrogens (tertiary/aromatic N) is 2. The van der Waals surface area contributed by atoms with E-state index >= 15 is 0 Å². The van der Waals surface area contributed by atoms with E-state index in [1.54, 1.807) is 0 Å². The van der Waals surface area contributed by atoms with Gasteiger partial charge in [0.05, 0.1) is 44.8 Å². The molecule has 0 fully saturated rings. The Hall–Kier alpha value is -1.14. The van der Waals surface area contributed by atoms with E-state index in [0.717, 1.165) is 0 Å². The van der Waals surface area contributed by atoms with E-state index in [9.17, 15) is 0 Å². The third-order valence-electron chi connectivity index (χ3n) is 1.39. The second-order valence-electron chi connectivity index (χ2n) is 2.54. The molecule has 0 aromatic carbocycles. The summed E-state index contributed by atoms with van der Waals surface area (Å²) in [6, 6.07) is 3.85. The number of hydrogen-bond acceptors (Lipinski definition) is 5. The van der Waals surface area contributed by atoms with Gasteiger partial charge in [0.25, 0.3) is 0 Å². The lowest BCUT2D eigenvalue weighted by molar-refractivity contribution is -0.111. The first-order valence-electron chi connectivity index (χ1n) is 4.42. The molecule has 0 aliphatic carbocycles. The van der Waals surface area contributed by atoms with Crippen LogP contribution in [0.1, 0.15) is 19.3 Å². The van der Waals surface area contributed by atoms with Crippen LogP contribution in [0, 0.1) is 22.7 Å². The van der Waals surface area contributed by atoms with Crippen molar-refractivity contribution in [2.45, 2.75) is 25.6 Å². The monoisotopic (exact) mass is 198 g/mol. The predicted octanol–water partition coefficient (Wildman–Crippen LogP) is 0.555. The van der Waals surface area contributed by atoms with Crippen molar-refractivity contribution in [1.82, 2.24) is 0 Å². The van der Waals surface area contributed by atoms with E-state index in [2.05, 4.69) is 0 Å². The molecule has 0 aromatic heterocycles. The van der Waals surface area contributed by atoms with Crippen molar-refractivity contribution in [3.63, 3.8) is 0 Å². The molecule has 0 heterocycles. The van der Waals surface area contributed by atoms with Crippen molar-refractivity contribution in [1.29, 1.82) is 10.5 Å². The summed E-state index contributed by atoms with van der Waals surface area (Å²) < 4.78 is 9.90. The Balaban J connectivity index is 3.15. The van der Waals surface area contributed by atoms with Crippen molar-refractivity contribution in [3.05, 3.63) is 0 Å². The molecule has 0 amide bonds. The van der Waals surface area contributed by atoms with Crippen LogP contribution in [-0.2, 0) is 9.47 Å². The number of aliphatic hydroxyl groups excluding tert-OH is 1. The highest BCUT2D eigenvalue weighted by Crippen LogP contribution is 1.96. The van der Waals surface area contributed by atoms with Crippen molar-refractivity contribution < 1.29 is 14.6 Å². The predicted molar refractivity (Wildman–Crippen MR) is 47.9 cm³/mol. The van der Waals surface area contributed by atoms with Crippen molar-refractivity contribution in [2.24, 2.45) is 0 Å². The average molecular weight is 198 g/mol. The SMILES string of the molecule is N#CCCOCCC(O)OCCC#N. The Labute approximate surface area is 83.5 Å². The minimum Gasteiger partial charge on any atom is -0.380 e. The lowest BCUT2D eigenvalue weighted by atomic mass is 10.4. The molecule has 5 heteroatoms. The maximum atomic E-state index is 9.16. The molecule has 1 N–H and O–H groups in total. The lowest BCUT2D eigenvalue weighted by Gasteiger charge is -2.10. The van der Waals surface area contributed by atoms with Gasteiger partial charge in [-0.15, -0.1) is 0 Å². The van der Waals surface area contributed by atoms with E-state index in [-0.39, 0.29) is 13.0 Å². The Kier molecular flexibility index (Phi) is 9.13. The first-order chi connectivity index (χ1) is 6.81. The summed E-state index contributed by atoms with van der Waals surface area (Å²) in [4.78, 5) is 0. The standard InChI is InChI=1S/C9H14N2O3/c10-4-1-6-13-8-3-9(12)14-7-2-5-11/h9,12H,1-3,6-8H2. The maximum Gasteiger partial charge on any atom is 0.156 e. The molecular formula is C9H14N2O3. The Morgan fingerprint density at radius 3 is 2.36 bits per heavy atom. The Morgan fingerprint density at radius 2 is 1.71 bits per heavy atom. The zero-order chi connectivity index (χ0) is 10.6. The van der Waals surface area contributed by atoms with Crippen LogP contribution in [-0.4, -0.2) is 31.2 Å². The van der Waals surface area contributed by atoms with Crippen LogP contribution in [0.5, 0.6) is 0 Å². The van der Waals surface area contributed by atoms with E-state index in [1.807, 2.05) is 12.1 Å². The van der Waals surface area contributed by atoms with Gasteiger partial charge in [-0.2, -0.15) is 10.5 Å². The molecular weight excluding hydrogens is 184 g/mol. The lowest BCUT2D eigenvalue weighted by Crippen LogP contribution is -2.15. The normalized spacial score (nSPS) is 11.6. The highest BCUT2D eigenvalue weighted by molar-refractivity contribution is 4.67. The number of rotatable bonds is 8. The van der Waals surface area contributed by atoms with Gasteiger partial charge < -0.3 is 14.6 Å². The number of hydrogen-bond donors (Lipinski definition) is 1. The van der Waals surface area contributed by atoms with Gasteiger partial charge in [0.15, 0.2) is 6.29 Å². The summed E-state index contributed by atoms with van der Waals surface area (Å²) in [7, 11) is 0. The second-order valence-corrected chi connectivity index (χ2v) is 2.54. The highest BCUT2D eigenvalue weighted by Gasteiger charge is 2.02. The van der Waals surface area contributed by atoms with E-state index < -0.39 is 6.29 Å². The molecule has 14 heavy (non-hydrogen) atoms. The summed E-state index contributed by atoms with van der Waals surface area (Å²) >= 11 is 0. The fraction of sp³-hybridized carbons (Fsp3) is 0.778. The summed E-state index contributed by atoms with van der Waals surface area (Å²) in [6.45, 7) is 0.965. The molecule has 0 aromatic rings. The minimum atomic E-state index is -0.884. The number of aliphatic hydroxyl groups is 1. The zero-order valence-corrected chi connectivity index (χ0v) is 7.98. The smallest absolute Gasteiger partial charge is 0.156 e. The fourth-order valence-corrected chi connectivity index (χ4v) is 0.728. The molecule has 1 atom stereocenters. The van der Waals surface area contributed by atoms with Gasteiger partial charge in [-0.25, -0.2) is 0 Å². The van der Waals surface area contributed by atoms with Crippen LogP contribution in [0.15, 0.2) is 0 Å². The summed E-state index contributed by atoms with van der Waals surface area (Å²) in [5, 5.41) is 25.5. The van der Waals surface area contributed by atoms with Gasteiger partial charge in [0.2, 0.25) is 0 Å². The van der Waals surface area contributed by atoms with Gasteiger partial charge in [-0.3, -0.25) is 0 Å². The van der Waals surface area contributed by atoms with Gasteiger partial charge in [-0.05, 0) is 0 Å². The van der Waals surface area contributed by atoms with Crippen LogP contribution in [0.3, 0.4) is 0 Å². The zero-order valence-electron chi connectivity index (χ0n) is 7.98. The molecule has 0 spiro atoms. The summed E-state index contributed by atoms with van der Waals surface area (Å²) in [6.07, 6.45) is 0.0969. The third kappa shape index (κ3) is 8.95. The minimum absolute atomic E-state index is 0.232. The quantitative estimate of drug-likeness (QED) is 0.454. The van der Waals surface area contributed by atoms with Crippen LogP contribution >= 0.6 is 0 Å².